The maximum Gasteiger partial charge on any atom is 0.251 e. The standard InChI is InChI=1S/C13H19BrN2O/c1-4-10(5-2)16-13(17)11-6-9(14)7-12(15)8(11)3/h6-7,10H,4-5,15H2,1-3H3,(H,16,17). The summed E-state index contributed by atoms with van der Waals surface area (Å²) in [4.78, 5) is 12.1. The highest BCUT2D eigenvalue weighted by Crippen LogP contribution is 2.22. The van der Waals surface area contributed by atoms with Crippen molar-refractivity contribution in [3.8, 4) is 0 Å². The van der Waals surface area contributed by atoms with E-state index >= 15 is 0 Å². The van der Waals surface area contributed by atoms with Gasteiger partial charge in [-0.2, -0.15) is 0 Å². The minimum atomic E-state index is -0.0517. The maximum absolute atomic E-state index is 12.1. The molecule has 1 aromatic carbocycles. The fourth-order valence-electron chi connectivity index (χ4n) is 1.69. The van der Waals surface area contributed by atoms with Crippen LogP contribution in [0.25, 0.3) is 0 Å². The number of hydrogen-bond acceptors (Lipinski definition) is 2. The summed E-state index contributed by atoms with van der Waals surface area (Å²) in [5.41, 5.74) is 7.95. The number of carbonyl (C=O) groups excluding carboxylic acids is 1. The molecule has 1 rings (SSSR count). The summed E-state index contributed by atoms with van der Waals surface area (Å²) < 4.78 is 0.829. The van der Waals surface area contributed by atoms with Gasteiger partial charge < -0.3 is 11.1 Å². The van der Waals surface area contributed by atoms with E-state index in [-0.39, 0.29) is 11.9 Å². The van der Waals surface area contributed by atoms with Gasteiger partial charge in [0.2, 0.25) is 0 Å². The Hall–Kier alpha value is -1.03. The van der Waals surface area contributed by atoms with E-state index < -0.39 is 0 Å². The number of carbonyl (C=O) groups is 1. The first kappa shape index (κ1) is 14.0. The molecule has 0 aromatic heterocycles. The molecular weight excluding hydrogens is 280 g/mol. The molecule has 1 aromatic rings. The van der Waals surface area contributed by atoms with Gasteiger partial charge in [0.1, 0.15) is 0 Å². The average molecular weight is 299 g/mol. The number of rotatable bonds is 4. The number of hydrogen-bond donors (Lipinski definition) is 2. The van der Waals surface area contributed by atoms with E-state index in [1.165, 1.54) is 0 Å². The predicted molar refractivity (Wildman–Crippen MR) is 75.1 cm³/mol. The van der Waals surface area contributed by atoms with Crippen molar-refractivity contribution in [3.05, 3.63) is 27.7 Å². The molecule has 0 atom stereocenters. The third-order valence-electron chi connectivity index (χ3n) is 2.98. The summed E-state index contributed by atoms with van der Waals surface area (Å²) in [6.45, 7) is 6.00. The Morgan fingerprint density at radius 1 is 1.41 bits per heavy atom. The zero-order chi connectivity index (χ0) is 13.0. The molecule has 0 unspecified atom stereocenters. The summed E-state index contributed by atoms with van der Waals surface area (Å²) in [7, 11) is 0. The molecule has 0 fully saturated rings. The van der Waals surface area contributed by atoms with Crippen LogP contribution in [-0.4, -0.2) is 11.9 Å². The second-order valence-electron chi connectivity index (χ2n) is 4.15. The number of nitrogens with two attached hydrogens (primary N) is 1. The lowest BCUT2D eigenvalue weighted by atomic mass is 10.1. The fourth-order valence-corrected chi connectivity index (χ4v) is 2.17. The molecule has 17 heavy (non-hydrogen) atoms. The van der Waals surface area contributed by atoms with Gasteiger partial charge in [-0.3, -0.25) is 4.79 Å². The van der Waals surface area contributed by atoms with Crippen LogP contribution in [0.4, 0.5) is 5.69 Å². The SMILES string of the molecule is CCC(CC)NC(=O)c1cc(Br)cc(N)c1C. The number of anilines is 1. The number of nitrogens with one attached hydrogen (secondary N) is 1. The average Bonchev–Trinajstić information content (AvgIpc) is 2.30. The van der Waals surface area contributed by atoms with Crippen molar-refractivity contribution in [1.29, 1.82) is 0 Å². The lowest BCUT2D eigenvalue weighted by Gasteiger charge is -2.16. The van der Waals surface area contributed by atoms with Crippen molar-refractivity contribution in [2.75, 3.05) is 5.73 Å². The first-order chi connectivity index (χ1) is 7.99. The van der Waals surface area contributed by atoms with E-state index in [0.29, 0.717) is 11.3 Å². The summed E-state index contributed by atoms with van der Waals surface area (Å²) in [6.07, 6.45) is 1.87. The molecular formula is C13H19BrN2O. The highest BCUT2D eigenvalue weighted by Gasteiger charge is 2.14. The van der Waals surface area contributed by atoms with Gasteiger partial charge in [-0.15, -0.1) is 0 Å². The molecule has 0 saturated heterocycles. The molecule has 0 spiro atoms. The predicted octanol–water partition coefficient (Wildman–Crippen LogP) is 3.26. The molecule has 4 heteroatoms. The molecule has 1 amide bonds. The van der Waals surface area contributed by atoms with Crippen LogP contribution in [-0.2, 0) is 0 Å². The molecule has 0 radical (unpaired) electrons. The molecule has 0 aliphatic heterocycles. The fraction of sp³-hybridized carbons (Fsp3) is 0.462. The summed E-state index contributed by atoms with van der Waals surface area (Å²) in [5, 5.41) is 3.01. The van der Waals surface area contributed by atoms with Gasteiger partial charge in [0, 0.05) is 21.8 Å². The van der Waals surface area contributed by atoms with E-state index in [2.05, 4.69) is 35.1 Å². The van der Waals surface area contributed by atoms with Crippen LogP contribution in [0, 0.1) is 6.92 Å². The van der Waals surface area contributed by atoms with Crippen LogP contribution in [0.3, 0.4) is 0 Å². The normalized spacial score (nSPS) is 10.6. The van der Waals surface area contributed by atoms with Crippen LogP contribution in [0.1, 0.15) is 42.6 Å². The van der Waals surface area contributed by atoms with Gasteiger partial charge in [0.05, 0.1) is 0 Å². The van der Waals surface area contributed by atoms with Gasteiger partial charge in [-0.25, -0.2) is 0 Å². The summed E-state index contributed by atoms with van der Waals surface area (Å²) >= 11 is 3.36. The first-order valence-corrected chi connectivity index (χ1v) is 6.65. The minimum Gasteiger partial charge on any atom is -0.398 e. The third kappa shape index (κ3) is 3.46. The Bertz CT molecular complexity index is 414. The van der Waals surface area contributed by atoms with E-state index in [1.54, 1.807) is 0 Å². The van der Waals surface area contributed by atoms with Crippen molar-refractivity contribution in [3.63, 3.8) is 0 Å². The molecule has 0 aliphatic carbocycles. The second kappa shape index (κ2) is 6.05. The lowest BCUT2D eigenvalue weighted by Crippen LogP contribution is -2.34. The van der Waals surface area contributed by atoms with Crippen molar-refractivity contribution in [2.24, 2.45) is 0 Å². The Kier molecular flexibility index (Phi) is 5.00. The largest absolute Gasteiger partial charge is 0.398 e. The van der Waals surface area contributed by atoms with Gasteiger partial charge in [-0.05, 0) is 37.5 Å². The zero-order valence-electron chi connectivity index (χ0n) is 10.5. The maximum atomic E-state index is 12.1. The molecule has 94 valence electrons. The zero-order valence-corrected chi connectivity index (χ0v) is 12.1. The van der Waals surface area contributed by atoms with Crippen molar-refractivity contribution in [1.82, 2.24) is 5.32 Å². The summed E-state index contributed by atoms with van der Waals surface area (Å²) in [6, 6.07) is 3.84. The molecule has 0 heterocycles. The van der Waals surface area contributed by atoms with E-state index in [1.807, 2.05) is 19.1 Å². The van der Waals surface area contributed by atoms with Crippen molar-refractivity contribution < 1.29 is 4.79 Å². The molecule has 3 nitrogen and oxygen atoms in total. The van der Waals surface area contributed by atoms with Gasteiger partial charge in [0.15, 0.2) is 0 Å². The number of benzene rings is 1. The van der Waals surface area contributed by atoms with Gasteiger partial charge >= 0.3 is 0 Å². The summed E-state index contributed by atoms with van der Waals surface area (Å²) in [5.74, 6) is -0.0517. The van der Waals surface area contributed by atoms with E-state index in [0.717, 1.165) is 22.9 Å². The Balaban J connectivity index is 2.96. The monoisotopic (exact) mass is 298 g/mol. The molecule has 0 saturated carbocycles. The number of halogens is 1. The van der Waals surface area contributed by atoms with Crippen LogP contribution in [0.2, 0.25) is 0 Å². The van der Waals surface area contributed by atoms with Crippen LogP contribution < -0.4 is 11.1 Å². The highest BCUT2D eigenvalue weighted by molar-refractivity contribution is 9.10. The third-order valence-corrected chi connectivity index (χ3v) is 3.44. The Labute approximate surface area is 111 Å². The number of amides is 1. The molecule has 0 aliphatic rings. The second-order valence-corrected chi connectivity index (χ2v) is 5.07. The first-order valence-electron chi connectivity index (χ1n) is 5.86. The van der Waals surface area contributed by atoms with Crippen molar-refractivity contribution >= 4 is 27.5 Å². The lowest BCUT2D eigenvalue weighted by molar-refractivity contribution is 0.0934. The van der Waals surface area contributed by atoms with Gasteiger partial charge in [0.25, 0.3) is 5.91 Å². The number of nitrogen functional groups attached to an aromatic ring is 1. The minimum absolute atomic E-state index is 0.0517. The highest BCUT2D eigenvalue weighted by atomic mass is 79.9. The Morgan fingerprint density at radius 2 is 2.00 bits per heavy atom. The van der Waals surface area contributed by atoms with Crippen molar-refractivity contribution in [2.45, 2.75) is 39.7 Å². The quantitative estimate of drug-likeness (QED) is 0.838. The molecule has 0 bridgehead atoms. The van der Waals surface area contributed by atoms with Crippen LogP contribution in [0.15, 0.2) is 16.6 Å². The topological polar surface area (TPSA) is 55.1 Å². The van der Waals surface area contributed by atoms with Gasteiger partial charge in [-0.1, -0.05) is 29.8 Å². The molecule has 3 N–H and O–H groups in total. The van der Waals surface area contributed by atoms with E-state index in [4.69, 9.17) is 5.73 Å². The van der Waals surface area contributed by atoms with Crippen LogP contribution >= 0.6 is 15.9 Å². The smallest absolute Gasteiger partial charge is 0.251 e. The van der Waals surface area contributed by atoms with Crippen LogP contribution in [0.5, 0.6) is 0 Å². The Morgan fingerprint density at radius 3 is 2.53 bits per heavy atom. The van der Waals surface area contributed by atoms with E-state index in [9.17, 15) is 4.79 Å².